The molecule has 19 heavy (non-hydrogen) atoms. The van der Waals surface area contributed by atoms with Crippen LogP contribution in [-0.2, 0) is 0 Å². The summed E-state index contributed by atoms with van der Waals surface area (Å²) in [7, 11) is 0. The Kier molecular flexibility index (Phi) is 8.42. The Hall–Kier alpha value is 0.260. The lowest BCUT2D eigenvalue weighted by molar-refractivity contribution is 0.117. The smallest absolute Gasteiger partial charge is 0.0760 e. The fraction of sp³-hybridized carbons (Fsp3) is 0.571. The van der Waals surface area contributed by atoms with Gasteiger partial charge in [0, 0.05) is 21.7 Å². The van der Waals surface area contributed by atoms with Crippen molar-refractivity contribution in [2.45, 2.75) is 30.3 Å². The topological polar surface area (TPSA) is 23.5 Å². The number of halogens is 2. The molecule has 108 valence electrons. The molecule has 1 aromatic carbocycles. The van der Waals surface area contributed by atoms with E-state index in [0.717, 1.165) is 29.9 Å². The molecule has 0 saturated carbocycles. The Bertz CT molecular complexity index is 357. The van der Waals surface area contributed by atoms with Gasteiger partial charge in [-0.3, -0.25) is 0 Å². The van der Waals surface area contributed by atoms with Crippen molar-refractivity contribution >= 4 is 40.1 Å². The van der Waals surface area contributed by atoms with E-state index in [9.17, 15) is 5.11 Å². The number of hydrogen-bond acceptors (Lipinski definition) is 3. The van der Waals surface area contributed by atoms with Crippen molar-refractivity contribution in [1.29, 1.82) is 0 Å². The predicted octanol–water partition coefficient (Wildman–Crippen LogP) is 3.81. The Morgan fingerprint density at radius 3 is 2.42 bits per heavy atom. The molecule has 1 N–H and O–H groups in total. The molecule has 1 fully saturated rings. The molecule has 2 nitrogen and oxygen atoms in total. The standard InChI is InChI=1S/C14H20BrNOS.ClH/c15-12-4-6-14(7-5-12)18-11-13(17)10-16-8-2-1-3-9-16;/h4-7,13,17H,1-3,8-11H2;1H. The van der Waals surface area contributed by atoms with Crippen molar-refractivity contribution in [3.05, 3.63) is 28.7 Å². The zero-order valence-electron chi connectivity index (χ0n) is 10.9. The lowest BCUT2D eigenvalue weighted by atomic mass is 10.1. The predicted molar refractivity (Wildman–Crippen MR) is 88.4 cm³/mol. The Balaban J connectivity index is 0.00000180. The quantitative estimate of drug-likeness (QED) is 0.802. The Labute approximate surface area is 134 Å². The summed E-state index contributed by atoms with van der Waals surface area (Å²) in [6.45, 7) is 3.13. The highest BCUT2D eigenvalue weighted by Crippen LogP contribution is 2.21. The molecule has 1 unspecified atom stereocenters. The third kappa shape index (κ3) is 6.50. The summed E-state index contributed by atoms with van der Waals surface area (Å²) in [5.74, 6) is 0.776. The van der Waals surface area contributed by atoms with Gasteiger partial charge in [0.2, 0.25) is 0 Å². The molecule has 0 aromatic heterocycles. The number of hydrogen-bond donors (Lipinski definition) is 1. The van der Waals surface area contributed by atoms with Crippen LogP contribution in [0.1, 0.15) is 19.3 Å². The second kappa shape index (κ2) is 9.24. The number of benzene rings is 1. The van der Waals surface area contributed by atoms with E-state index in [1.807, 2.05) is 12.1 Å². The maximum atomic E-state index is 10.0. The largest absolute Gasteiger partial charge is 0.391 e. The van der Waals surface area contributed by atoms with E-state index in [1.165, 1.54) is 24.2 Å². The first-order chi connectivity index (χ1) is 8.74. The monoisotopic (exact) mass is 365 g/mol. The van der Waals surface area contributed by atoms with E-state index in [2.05, 4.69) is 33.0 Å². The summed E-state index contributed by atoms with van der Waals surface area (Å²) in [6, 6.07) is 8.25. The molecule has 0 bridgehead atoms. The lowest BCUT2D eigenvalue weighted by Crippen LogP contribution is -2.37. The molecular formula is C14H21BrClNOS. The number of thioether (sulfide) groups is 1. The van der Waals surface area contributed by atoms with Crippen molar-refractivity contribution in [2.75, 3.05) is 25.4 Å². The minimum Gasteiger partial charge on any atom is -0.391 e. The highest BCUT2D eigenvalue weighted by molar-refractivity contribution is 9.10. The zero-order chi connectivity index (χ0) is 12.8. The second-order valence-electron chi connectivity index (χ2n) is 4.78. The van der Waals surface area contributed by atoms with Crippen LogP contribution < -0.4 is 0 Å². The van der Waals surface area contributed by atoms with Crippen LogP contribution in [0, 0.1) is 0 Å². The van der Waals surface area contributed by atoms with Gasteiger partial charge in [-0.1, -0.05) is 22.4 Å². The maximum Gasteiger partial charge on any atom is 0.0760 e. The molecule has 1 saturated heterocycles. The highest BCUT2D eigenvalue weighted by atomic mass is 79.9. The SMILES string of the molecule is Cl.OC(CSc1ccc(Br)cc1)CN1CCCCC1. The summed E-state index contributed by atoms with van der Waals surface area (Å²) in [6.07, 6.45) is 3.69. The summed E-state index contributed by atoms with van der Waals surface area (Å²) in [5, 5.41) is 10.0. The van der Waals surface area contributed by atoms with Crippen LogP contribution in [0.15, 0.2) is 33.6 Å². The minimum atomic E-state index is -0.225. The average Bonchev–Trinajstić information content (AvgIpc) is 2.39. The number of aliphatic hydroxyl groups excluding tert-OH is 1. The van der Waals surface area contributed by atoms with Crippen molar-refractivity contribution in [3.8, 4) is 0 Å². The molecule has 1 aliphatic heterocycles. The summed E-state index contributed by atoms with van der Waals surface area (Å²) in [5.41, 5.74) is 0. The van der Waals surface area contributed by atoms with Gasteiger partial charge in [0.25, 0.3) is 0 Å². The third-order valence-corrected chi connectivity index (χ3v) is 4.86. The van der Waals surface area contributed by atoms with Gasteiger partial charge in [-0.25, -0.2) is 0 Å². The maximum absolute atomic E-state index is 10.0. The number of nitrogens with zero attached hydrogens (tertiary/aromatic N) is 1. The lowest BCUT2D eigenvalue weighted by Gasteiger charge is -2.28. The highest BCUT2D eigenvalue weighted by Gasteiger charge is 2.14. The van der Waals surface area contributed by atoms with Gasteiger partial charge in [0.15, 0.2) is 0 Å². The van der Waals surface area contributed by atoms with E-state index in [0.29, 0.717) is 0 Å². The number of piperidine rings is 1. The first kappa shape index (κ1) is 17.3. The van der Waals surface area contributed by atoms with Crippen LogP contribution in [0.5, 0.6) is 0 Å². The van der Waals surface area contributed by atoms with Crippen LogP contribution >= 0.6 is 40.1 Å². The van der Waals surface area contributed by atoms with E-state index in [1.54, 1.807) is 11.8 Å². The van der Waals surface area contributed by atoms with Gasteiger partial charge in [-0.15, -0.1) is 24.2 Å². The van der Waals surface area contributed by atoms with Crippen LogP contribution in [0.4, 0.5) is 0 Å². The second-order valence-corrected chi connectivity index (χ2v) is 6.79. The fourth-order valence-corrected chi connectivity index (χ4v) is 3.30. The number of β-amino-alcohol motifs (C(OH)–C–C–N with tert-alkyl or cyclic N) is 1. The van der Waals surface area contributed by atoms with Crippen molar-refractivity contribution in [3.63, 3.8) is 0 Å². The molecule has 2 rings (SSSR count). The molecule has 1 aromatic rings. The van der Waals surface area contributed by atoms with E-state index in [-0.39, 0.29) is 18.5 Å². The summed E-state index contributed by atoms with van der Waals surface area (Å²) < 4.78 is 1.10. The van der Waals surface area contributed by atoms with E-state index in [4.69, 9.17) is 0 Å². The van der Waals surface area contributed by atoms with Gasteiger partial charge in [-0.2, -0.15) is 0 Å². The van der Waals surface area contributed by atoms with E-state index >= 15 is 0 Å². The molecule has 0 spiro atoms. The molecular weight excluding hydrogens is 346 g/mol. The number of rotatable bonds is 5. The van der Waals surface area contributed by atoms with Crippen LogP contribution in [-0.4, -0.2) is 41.5 Å². The first-order valence-corrected chi connectivity index (χ1v) is 8.31. The number of aliphatic hydroxyl groups is 1. The zero-order valence-corrected chi connectivity index (χ0v) is 14.1. The van der Waals surface area contributed by atoms with Crippen LogP contribution in [0.2, 0.25) is 0 Å². The van der Waals surface area contributed by atoms with E-state index < -0.39 is 0 Å². The van der Waals surface area contributed by atoms with Crippen molar-refractivity contribution < 1.29 is 5.11 Å². The van der Waals surface area contributed by atoms with Gasteiger partial charge >= 0.3 is 0 Å². The number of likely N-dealkylation sites (tertiary alicyclic amines) is 1. The molecule has 0 amide bonds. The minimum absolute atomic E-state index is 0. The molecule has 0 radical (unpaired) electrons. The van der Waals surface area contributed by atoms with Crippen molar-refractivity contribution in [1.82, 2.24) is 4.90 Å². The van der Waals surface area contributed by atoms with Gasteiger partial charge < -0.3 is 10.0 Å². The molecule has 5 heteroatoms. The average molecular weight is 367 g/mol. The first-order valence-electron chi connectivity index (χ1n) is 6.53. The Morgan fingerprint density at radius 2 is 1.79 bits per heavy atom. The molecule has 1 atom stereocenters. The van der Waals surface area contributed by atoms with Crippen LogP contribution in [0.25, 0.3) is 0 Å². The normalized spacial score (nSPS) is 17.8. The molecule has 0 aliphatic carbocycles. The van der Waals surface area contributed by atoms with Crippen molar-refractivity contribution in [2.24, 2.45) is 0 Å². The van der Waals surface area contributed by atoms with Gasteiger partial charge in [0.1, 0.15) is 0 Å². The van der Waals surface area contributed by atoms with Crippen LogP contribution in [0.3, 0.4) is 0 Å². The van der Waals surface area contributed by atoms with Gasteiger partial charge in [0.05, 0.1) is 6.10 Å². The third-order valence-electron chi connectivity index (χ3n) is 3.17. The fourth-order valence-electron chi connectivity index (χ4n) is 2.22. The molecule has 1 aliphatic rings. The summed E-state index contributed by atoms with van der Waals surface area (Å²) >= 11 is 5.15. The van der Waals surface area contributed by atoms with Gasteiger partial charge in [-0.05, 0) is 50.2 Å². The summed E-state index contributed by atoms with van der Waals surface area (Å²) in [4.78, 5) is 3.60. The molecule has 1 heterocycles. The Morgan fingerprint density at radius 1 is 1.16 bits per heavy atom.